The van der Waals surface area contributed by atoms with E-state index < -0.39 is 27.7 Å². The number of carbonyl (C=O) groups is 2. The van der Waals surface area contributed by atoms with E-state index in [2.05, 4.69) is 9.47 Å². The highest BCUT2D eigenvalue weighted by Gasteiger charge is 2.29. The largest absolute Gasteiger partial charge is 0.465 e. The molecule has 2 N–H and O–H groups in total. The molecule has 0 atom stereocenters. The minimum atomic E-state index is -1.25. The van der Waals surface area contributed by atoms with Gasteiger partial charge in [-0.3, -0.25) is 0 Å². The molecule has 0 aromatic carbocycles. The Hall–Kier alpha value is -2.66. The molecule has 0 aliphatic heterocycles. The predicted octanol–water partition coefficient (Wildman–Crippen LogP) is 0.629. The first-order valence-corrected chi connectivity index (χ1v) is 5.84. The molecule has 2 amide bonds. The van der Waals surface area contributed by atoms with E-state index in [0.717, 1.165) is 0 Å². The number of amides is 2. The molecule has 0 radical (unpaired) electrons. The van der Waals surface area contributed by atoms with Crippen LogP contribution >= 0.6 is 0 Å². The molecule has 0 aliphatic carbocycles. The quantitative estimate of drug-likeness (QED) is 0.487. The Kier molecular flexibility index (Phi) is 7.42. The molecule has 0 spiro atoms. The molecular formula is C9H16N4O8. The second-order valence-electron chi connectivity index (χ2n) is 4.45. The third-order valence-corrected chi connectivity index (χ3v) is 2.32. The van der Waals surface area contributed by atoms with Crippen LogP contribution in [0, 0.1) is 25.6 Å². The number of nitrogens with zero attached hydrogens (tertiary/aromatic N) is 2. The van der Waals surface area contributed by atoms with Crippen molar-refractivity contribution in [3.8, 4) is 0 Å². The Morgan fingerprint density at radius 3 is 1.71 bits per heavy atom. The van der Waals surface area contributed by atoms with Crippen molar-refractivity contribution in [3.63, 3.8) is 0 Å². The molecule has 12 heteroatoms. The number of nitro groups is 2. The summed E-state index contributed by atoms with van der Waals surface area (Å²) in [6.07, 6.45) is -1.39. The van der Waals surface area contributed by atoms with E-state index >= 15 is 0 Å². The lowest BCUT2D eigenvalue weighted by atomic mass is 9.87. The van der Waals surface area contributed by atoms with Crippen molar-refractivity contribution < 1.29 is 29.1 Å². The minimum absolute atomic E-state index is 0.258. The maximum Gasteiger partial charge on any atom is 0.465 e. The van der Waals surface area contributed by atoms with Gasteiger partial charge in [-0.2, -0.15) is 0 Å². The molecule has 0 aromatic heterocycles. The van der Waals surface area contributed by atoms with Gasteiger partial charge in [-0.1, -0.05) is 20.3 Å². The summed E-state index contributed by atoms with van der Waals surface area (Å²) in [5.74, 6) is 0. The number of nitrogens with one attached hydrogen (secondary N) is 2. The van der Waals surface area contributed by atoms with Gasteiger partial charge in [0.1, 0.15) is 13.2 Å². The number of hydrogen-bond donors (Lipinski definition) is 2. The molecule has 12 nitrogen and oxygen atoms in total. The molecule has 0 aliphatic rings. The molecule has 0 heterocycles. The molecule has 21 heavy (non-hydrogen) atoms. The van der Waals surface area contributed by atoms with Crippen molar-refractivity contribution in [1.82, 2.24) is 10.9 Å². The lowest BCUT2D eigenvalue weighted by molar-refractivity contribution is -0.530. The van der Waals surface area contributed by atoms with E-state index in [1.165, 1.54) is 10.9 Å². The lowest BCUT2D eigenvalue weighted by Crippen LogP contribution is -2.38. The van der Waals surface area contributed by atoms with Gasteiger partial charge in [-0.15, -0.1) is 0 Å². The second-order valence-corrected chi connectivity index (χ2v) is 4.45. The summed E-state index contributed by atoms with van der Waals surface area (Å²) in [7, 11) is 0. The number of rotatable bonds is 8. The maximum absolute atomic E-state index is 11.0. The Morgan fingerprint density at radius 2 is 1.43 bits per heavy atom. The van der Waals surface area contributed by atoms with E-state index in [9.17, 15) is 29.8 Å². The van der Waals surface area contributed by atoms with Crippen LogP contribution in [0.3, 0.4) is 0 Å². The topological polar surface area (TPSA) is 163 Å². The number of hydrogen-bond acceptors (Lipinski definition) is 8. The summed E-state index contributed by atoms with van der Waals surface area (Å²) >= 11 is 0. The van der Waals surface area contributed by atoms with Crippen LogP contribution in [0.25, 0.3) is 0 Å². The monoisotopic (exact) mass is 308 g/mol. The second kappa shape index (κ2) is 8.50. The molecule has 0 saturated heterocycles. The van der Waals surface area contributed by atoms with Crippen LogP contribution in [-0.4, -0.2) is 35.5 Å². The highest BCUT2D eigenvalue weighted by atomic mass is 16.7. The van der Waals surface area contributed by atoms with Gasteiger partial charge < -0.3 is 9.47 Å². The van der Waals surface area contributed by atoms with Gasteiger partial charge in [-0.25, -0.2) is 29.8 Å². The zero-order valence-electron chi connectivity index (χ0n) is 11.5. The third kappa shape index (κ3) is 8.96. The first kappa shape index (κ1) is 18.3. The molecule has 0 aromatic rings. The fourth-order valence-electron chi connectivity index (χ4n) is 1.48. The summed E-state index contributed by atoms with van der Waals surface area (Å²) in [5, 5.41) is 17.9. The molecule has 0 saturated carbocycles. The molecule has 0 fully saturated rings. The smallest absolute Gasteiger partial charge is 0.445 e. The van der Waals surface area contributed by atoms with Gasteiger partial charge in [0.25, 0.3) is 0 Å². The van der Waals surface area contributed by atoms with Crippen molar-refractivity contribution in [1.29, 1.82) is 0 Å². The average Bonchev–Trinajstić information content (AvgIpc) is 2.33. The van der Waals surface area contributed by atoms with Crippen LogP contribution in [0.15, 0.2) is 0 Å². The third-order valence-electron chi connectivity index (χ3n) is 2.32. The first-order chi connectivity index (χ1) is 9.68. The lowest BCUT2D eigenvalue weighted by Gasteiger charge is -2.27. The van der Waals surface area contributed by atoms with Gasteiger partial charge in [0, 0.05) is 5.41 Å². The summed E-state index contributed by atoms with van der Waals surface area (Å²) < 4.78 is 9.29. The average molecular weight is 308 g/mol. The maximum atomic E-state index is 11.0. The number of carbonyl (C=O) groups excluding carboxylic acids is 2. The summed E-state index contributed by atoms with van der Waals surface area (Å²) in [4.78, 5) is 42.1. The van der Waals surface area contributed by atoms with Crippen molar-refractivity contribution in [3.05, 3.63) is 20.2 Å². The Labute approximate surface area is 119 Å². The van der Waals surface area contributed by atoms with Gasteiger partial charge in [0.05, 0.1) is 0 Å². The normalized spacial score (nSPS) is 10.4. The van der Waals surface area contributed by atoms with Gasteiger partial charge >= 0.3 is 12.2 Å². The van der Waals surface area contributed by atoms with E-state index in [4.69, 9.17) is 0 Å². The summed E-state index contributed by atoms with van der Waals surface area (Å²) in [5.41, 5.74) is 1.78. The van der Waals surface area contributed by atoms with E-state index in [-0.39, 0.29) is 13.2 Å². The molecule has 120 valence electrons. The number of ether oxygens (including phenoxy) is 2. The van der Waals surface area contributed by atoms with Gasteiger partial charge in [-0.05, 0) is 17.3 Å². The van der Waals surface area contributed by atoms with E-state index in [0.29, 0.717) is 12.8 Å². The van der Waals surface area contributed by atoms with Crippen LogP contribution in [-0.2, 0) is 9.47 Å². The molecular weight excluding hydrogens is 292 g/mol. The highest BCUT2D eigenvalue weighted by Crippen LogP contribution is 2.24. The Balaban J connectivity index is 4.40. The Morgan fingerprint density at radius 1 is 1.05 bits per heavy atom. The zero-order chi connectivity index (χ0) is 16.5. The van der Waals surface area contributed by atoms with Crippen molar-refractivity contribution >= 4 is 12.2 Å². The van der Waals surface area contributed by atoms with E-state index in [1.807, 2.05) is 6.92 Å². The highest BCUT2D eigenvalue weighted by molar-refractivity contribution is 5.66. The zero-order valence-corrected chi connectivity index (χ0v) is 11.5. The van der Waals surface area contributed by atoms with Crippen molar-refractivity contribution in [2.75, 3.05) is 13.2 Å². The van der Waals surface area contributed by atoms with Crippen LogP contribution in [0.1, 0.15) is 26.7 Å². The SMILES string of the molecule is CCCC(C)(COC(=O)N[N+](=O)[O-])COC(=O)N[N+](=O)[O-]. The van der Waals surface area contributed by atoms with Crippen molar-refractivity contribution in [2.24, 2.45) is 5.41 Å². The standard InChI is InChI=1S/C9H16N4O8/c1-3-4-9(2,5-20-7(14)10-12(16)17)6-21-8(15)11-13(18)19/h3-6H2,1-2H3,(H,10,14)(H,11,15). The van der Waals surface area contributed by atoms with Crippen LogP contribution in [0.4, 0.5) is 9.59 Å². The van der Waals surface area contributed by atoms with Gasteiger partial charge in [0.15, 0.2) is 10.1 Å². The van der Waals surface area contributed by atoms with Gasteiger partial charge in [0.2, 0.25) is 0 Å². The van der Waals surface area contributed by atoms with E-state index in [1.54, 1.807) is 6.92 Å². The van der Waals surface area contributed by atoms with Crippen LogP contribution in [0.2, 0.25) is 0 Å². The molecule has 0 unspecified atom stereocenters. The first-order valence-electron chi connectivity index (χ1n) is 5.84. The van der Waals surface area contributed by atoms with Crippen LogP contribution in [0.5, 0.6) is 0 Å². The molecule has 0 rings (SSSR count). The minimum Gasteiger partial charge on any atom is -0.445 e. The number of hydrazine groups is 2. The summed E-state index contributed by atoms with van der Waals surface area (Å²) in [6, 6.07) is 0. The fourth-order valence-corrected chi connectivity index (χ4v) is 1.48. The predicted molar refractivity (Wildman–Crippen MR) is 66.0 cm³/mol. The van der Waals surface area contributed by atoms with Crippen LogP contribution < -0.4 is 10.9 Å². The summed E-state index contributed by atoms with van der Waals surface area (Å²) in [6.45, 7) is 2.92. The fraction of sp³-hybridized carbons (Fsp3) is 0.778. The Bertz CT molecular complexity index is 381. The van der Waals surface area contributed by atoms with Crippen molar-refractivity contribution in [2.45, 2.75) is 26.7 Å². The molecule has 0 bridgehead atoms.